The average Bonchev–Trinajstić information content (AvgIpc) is 2.91. The highest BCUT2D eigenvalue weighted by Gasteiger charge is 2.68. The largest absolute Gasteiger partial charge is 0.389 e. The number of piperidine rings is 1. The number of aliphatic hydroxyl groups is 1. The van der Waals surface area contributed by atoms with E-state index in [-0.39, 0.29) is 22.7 Å². The van der Waals surface area contributed by atoms with Gasteiger partial charge in [0.25, 0.3) is 0 Å². The highest BCUT2D eigenvalue weighted by atomic mass is 16.3. The van der Waals surface area contributed by atoms with E-state index < -0.39 is 5.60 Å². The Labute approximate surface area is 147 Å². The van der Waals surface area contributed by atoms with Gasteiger partial charge in [-0.05, 0) is 36.5 Å². The molecule has 2 saturated carbocycles. The summed E-state index contributed by atoms with van der Waals surface area (Å²) in [5.74, 6) is 0.389. The molecule has 1 heterocycles. The predicted molar refractivity (Wildman–Crippen MR) is 96.7 cm³/mol. The Morgan fingerprint density at radius 1 is 1.04 bits per heavy atom. The van der Waals surface area contributed by atoms with E-state index in [0.717, 1.165) is 58.2 Å². The van der Waals surface area contributed by atoms with E-state index in [1.165, 1.54) is 6.42 Å². The monoisotopic (exact) mass is 336 g/mol. The second kappa shape index (κ2) is 6.28. The maximum Gasteiger partial charge on any atom is 0.224 e. The van der Waals surface area contributed by atoms with Crippen LogP contribution in [0.25, 0.3) is 0 Å². The molecule has 3 rings (SSSR count). The minimum Gasteiger partial charge on any atom is -0.389 e. The highest BCUT2D eigenvalue weighted by Crippen LogP contribution is 2.68. The summed E-state index contributed by atoms with van der Waals surface area (Å²) < 4.78 is 0. The van der Waals surface area contributed by atoms with Crippen molar-refractivity contribution >= 4 is 5.91 Å². The summed E-state index contributed by atoms with van der Waals surface area (Å²) in [6, 6.07) is 0.307. The molecule has 24 heavy (non-hydrogen) atoms. The quantitative estimate of drug-likeness (QED) is 0.830. The van der Waals surface area contributed by atoms with Gasteiger partial charge in [0.1, 0.15) is 0 Å². The summed E-state index contributed by atoms with van der Waals surface area (Å²) in [5.41, 5.74) is -0.236. The van der Waals surface area contributed by atoms with Gasteiger partial charge in [-0.1, -0.05) is 47.0 Å². The highest BCUT2D eigenvalue weighted by molar-refractivity contribution is 5.84. The third-order valence-electron chi connectivity index (χ3n) is 7.52. The summed E-state index contributed by atoms with van der Waals surface area (Å²) in [6.45, 7) is 11.6. The van der Waals surface area contributed by atoms with Gasteiger partial charge in [0, 0.05) is 31.6 Å². The van der Waals surface area contributed by atoms with Crippen LogP contribution in [0.5, 0.6) is 0 Å². The van der Waals surface area contributed by atoms with Gasteiger partial charge < -0.3 is 15.3 Å². The van der Waals surface area contributed by atoms with Crippen LogP contribution in [0.15, 0.2) is 0 Å². The number of carbonyl (C=O) groups is 1. The van der Waals surface area contributed by atoms with Crippen molar-refractivity contribution in [3.8, 4) is 0 Å². The molecule has 0 aromatic carbocycles. The number of rotatable bonds is 4. The molecule has 0 atom stereocenters. The van der Waals surface area contributed by atoms with E-state index in [1.807, 2.05) is 0 Å². The number of nitrogens with zero attached hydrogens (tertiary/aromatic N) is 1. The molecule has 3 fully saturated rings. The van der Waals surface area contributed by atoms with Gasteiger partial charge in [-0.25, -0.2) is 0 Å². The van der Waals surface area contributed by atoms with E-state index in [4.69, 9.17) is 0 Å². The smallest absolute Gasteiger partial charge is 0.224 e. The lowest BCUT2D eigenvalue weighted by Crippen LogP contribution is -2.50. The Morgan fingerprint density at radius 2 is 1.58 bits per heavy atom. The molecule has 1 amide bonds. The van der Waals surface area contributed by atoms with Crippen molar-refractivity contribution < 1.29 is 9.90 Å². The molecule has 3 aliphatic rings. The summed E-state index contributed by atoms with van der Waals surface area (Å²) in [5, 5.41) is 14.0. The second-order valence-electron chi connectivity index (χ2n) is 9.72. The van der Waals surface area contributed by atoms with Crippen molar-refractivity contribution in [2.24, 2.45) is 16.7 Å². The van der Waals surface area contributed by atoms with E-state index in [0.29, 0.717) is 6.04 Å². The van der Waals surface area contributed by atoms with Crippen molar-refractivity contribution in [3.63, 3.8) is 0 Å². The first kappa shape index (κ1) is 18.2. The van der Waals surface area contributed by atoms with E-state index >= 15 is 0 Å². The third-order valence-corrected chi connectivity index (χ3v) is 7.52. The number of hydrogen-bond donors (Lipinski definition) is 2. The fourth-order valence-corrected chi connectivity index (χ4v) is 5.16. The van der Waals surface area contributed by atoms with Crippen LogP contribution in [-0.4, -0.2) is 47.2 Å². The summed E-state index contributed by atoms with van der Waals surface area (Å²) >= 11 is 0. The minimum atomic E-state index is -0.462. The molecular weight excluding hydrogens is 300 g/mol. The zero-order valence-corrected chi connectivity index (χ0v) is 16.0. The first-order chi connectivity index (χ1) is 11.2. The second-order valence-corrected chi connectivity index (χ2v) is 9.72. The SMILES string of the molecule is CC1(C)C(C(=O)NC2CCN(CC3(O)CCCCC3)CC2)C1(C)C. The summed E-state index contributed by atoms with van der Waals surface area (Å²) in [4.78, 5) is 15.0. The zero-order chi connectivity index (χ0) is 17.6. The Hall–Kier alpha value is -0.610. The lowest BCUT2D eigenvalue weighted by atomic mass is 9.84. The molecule has 4 nitrogen and oxygen atoms in total. The normalized spacial score (nSPS) is 30.0. The Morgan fingerprint density at radius 3 is 2.08 bits per heavy atom. The molecular formula is C20H36N2O2. The maximum atomic E-state index is 12.6. The lowest BCUT2D eigenvalue weighted by Gasteiger charge is -2.40. The number of hydrogen-bond acceptors (Lipinski definition) is 3. The molecule has 0 aromatic rings. The molecule has 138 valence electrons. The molecule has 2 N–H and O–H groups in total. The van der Waals surface area contributed by atoms with Crippen LogP contribution in [0.4, 0.5) is 0 Å². The van der Waals surface area contributed by atoms with Crippen LogP contribution in [-0.2, 0) is 4.79 Å². The average molecular weight is 337 g/mol. The topological polar surface area (TPSA) is 52.6 Å². The van der Waals surface area contributed by atoms with Crippen molar-refractivity contribution in [2.75, 3.05) is 19.6 Å². The number of carbonyl (C=O) groups excluding carboxylic acids is 1. The number of likely N-dealkylation sites (tertiary alicyclic amines) is 1. The van der Waals surface area contributed by atoms with Gasteiger partial charge in [0.05, 0.1) is 5.60 Å². The number of β-amino-alcohol motifs (C(OH)–C–C–N with tert-alkyl or cyclic N) is 1. The van der Waals surface area contributed by atoms with Crippen LogP contribution in [0, 0.1) is 16.7 Å². The van der Waals surface area contributed by atoms with Crippen LogP contribution in [0.1, 0.15) is 72.6 Å². The van der Waals surface area contributed by atoms with Gasteiger partial charge >= 0.3 is 0 Å². The molecule has 1 aliphatic heterocycles. The van der Waals surface area contributed by atoms with Crippen molar-refractivity contribution in [1.29, 1.82) is 0 Å². The van der Waals surface area contributed by atoms with Crippen molar-refractivity contribution in [3.05, 3.63) is 0 Å². The van der Waals surface area contributed by atoms with Crippen LogP contribution in [0.2, 0.25) is 0 Å². The zero-order valence-electron chi connectivity index (χ0n) is 16.0. The van der Waals surface area contributed by atoms with Crippen LogP contribution >= 0.6 is 0 Å². The predicted octanol–water partition coefficient (Wildman–Crippen LogP) is 2.94. The van der Waals surface area contributed by atoms with E-state index in [9.17, 15) is 9.90 Å². The van der Waals surface area contributed by atoms with Gasteiger partial charge in [-0.3, -0.25) is 4.79 Å². The Bertz CT molecular complexity index is 458. The molecule has 0 unspecified atom stereocenters. The molecule has 0 spiro atoms. The fraction of sp³-hybridized carbons (Fsp3) is 0.950. The van der Waals surface area contributed by atoms with Gasteiger partial charge in [0.15, 0.2) is 0 Å². The maximum absolute atomic E-state index is 12.6. The molecule has 2 aliphatic carbocycles. The van der Waals surface area contributed by atoms with Crippen molar-refractivity contribution in [2.45, 2.75) is 84.3 Å². The van der Waals surface area contributed by atoms with Crippen molar-refractivity contribution in [1.82, 2.24) is 10.2 Å². The van der Waals surface area contributed by atoms with Crippen LogP contribution < -0.4 is 5.32 Å². The molecule has 0 aromatic heterocycles. The van der Waals surface area contributed by atoms with Crippen LogP contribution in [0.3, 0.4) is 0 Å². The standard InChI is InChI=1S/C20H36N2O2/c1-18(2)16(19(18,3)4)17(23)21-15-8-12-22(13-9-15)14-20(24)10-6-5-7-11-20/h15-16,24H,5-14H2,1-4H3,(H,21,23). The lowest BCUT2D eigenvalue weighted by molar-refractivity contribution is -0.124. The summed E-state index contributed by atoms with van der Waals surface area (Å²) in [7, 11) is 0. The molecule has 4 heteroatoms. The van der Waals surface area contributed by atoms with Gasteiger partial charge in [0.2, 0.25) is 5.91 Å². The Balaban J connectivity index is 1.43. The first-order valence-corrected chi connectivity index (χ1v) is 9.91. The molecule has 1 saturated heterocycles. The Kier molecular flexibility index (Phi) is 4.76. The summed E-state index contributed by atoms with van der Waals surface area (Å²) in [6.07, 6.45) is 7.52. The molecule has 0 radical (unpaired) electrons. The third kappa shape index (κ3) is 3.37. The van der Waals surface area contributed by atoms with E-state index in [1.54, 1.807) is 0 Å². The first-order valence-electron chi connectivity index (χ1n) is 9.91. The molecule has 0 bridgehead atoms. The number of amides is 1. The van der Waals surface area contributed by atoms with Gasteiger partial charge in [-0.2, -0.15) is 0 Å². The van der Waals surface area contributed by atoms with Gasteiger partial charge in [-0.15, -0.1) is 0 Å². The fourth-order valence-electron chi connectivity index (χ4n) is 5.16. The number of nitrogens with one attached hydrogen (secondary N) is 1. The van der Waals surface area contributed by atoms with E-state index in [2.05, 4.69) is 37.9 Å². The minimum absolute atomic E-state index is 0.113.